The van der Waals surface area contributed by atoms with Gasteiger partial charge in [-0.25, -0.2) is 4.39 Å². The summed E-state index contributed by atoms with van der Waals surface area (Å²) in [6.45, 7) is 1.46. The van der Waals surface area contributed by atoms with E-state index in [1.807, 2.05) is 19.3 Å². The van der Waals surface area contributed by atoms with E-state index >= 15 is 0 Å². The van der Waals surface area contributed by atoms with E-state index < -0.39 is 0 Å². The monoisotopic (exact) mass is 311 g/mol. The largest absolute Gasteiger partial charge is 0.312 e. The van der Waals surface area contributed by atoms with Gasteiger partial charge in [-0.2, -0.15) is 5.10 Å². The van der Waals surface area contributed by atoms with Crippen molar-refractivity contribution in [3.63, 3.8) is 0 Å². The summed E-state index contributed by atoms with van der Waals surface area (Å²) < 4.78 is 15.8. The predicted molar refractivity (Wildman–Crippen MR) is 72.7 cm³/mol. The molecule has 96 valence electrons. The highest BCUT2D eigenvalue weighted by Gasteiger charge is 2.02. The number of benzene rings is 1. The Labute approximate surface area is 114 Å². The van der Waals surface area contributed by atoms with E-state index in [-0.39, 0.29) is 5.82 Å². The molecule has 18 heavy (non-hydrogen) atoms. The minimum atomic E-state index is -0.209. The van der Waals surface area contributed by atoms with Crippen molar-refractivity contribution in [2.24, 2.45) is 7.05 Å². The van der Waals surface area contributed by atoms with Gasteiger partial charge in [-0.1, -0.05) is 15.9 Å². The van der Waals surface area contributed by atoms with Gasteiger partial charge in [-0.15, -0.1) is 0 Å². The van der Waals surface area contributed by atoms with Crippen molar-refractivity contribution < 1.29 is 4.39 Å². The highest BCUT2D eigenvalue weighted by molar-refractivity contribution is 9.10. The second kappa shape index (κ2) is 6.11. The molecular weight excluding hydrogens is 297 g/mol. The van der Waals surface area contributed by atoms with E-state index in [4.69, 9.17) is 0 Å². The van der Waals surface area contributed by atoms with Crippen LogP contribution < -0.4 is 5.32 Å². The van der Waals surface area contributed by atoms with E-state index in [1.54, 1.807) is 10.7 Å². The van der Waals surface area contributed by atoms with Crippen molar-refractivity contribution in [1.29, 1.82) is 0 Å². The van der Waals surface area contributed by atoms with Crippen molar-refractivity contribution in [3.8, 4) is 0 Å². The summed E-state index contributed by atoms with van der Waals surface area (Å²) in [6.07, 6.45) is 2.80. The zero-order chi connectivity index (χ0) is 13.0. The average molecular weight is 312 g/mol. The molecule has 0 aliphatic carbocycles. The highest BCUT2D eigenvalue weighted by atomic mass is 79.9. The van der Waals surface area contributed by atoms with Crippen LogP contribution in [0.4, 0.5) is 4.39 Å². The summed E-state index contributed by atoms with van der Waals surface area (Å²) in [5.74, 6) is -0.209. The van der Waals surface area contributed by atoms with Crippen molar-refractivity contribution >= 4 is 15.9 Å². The number of aryl methyl sites for hydroxylation is 1. The number of nitrogens with one attached hydrogen (secondary N) is 1. The quantitative estimate of drug-likeness (QED) is 0.860. The predicted octanol–water partition coefficient (Wildman–Crippen LogP) is 2.65. The maximum absolute atomic E-state index is 13.1. The zero-order valence-electron chi connectivity index (χ0n) is 10.2. The highest BCUT2D eigenvalue weighted by Crippen LogP contribution is 2.17. The van der Waals surface area contributed by atoms with Crippen LogP contribution in [0.3, 0.4) is 0 Å². The fraction of sp³-hybridized carbons (Fsp3) is 0.308. The molecule has 0 radical (unpaired) electrons. The van der Waals surface area contributed by atoms with Crippen molar-refractivity contribution in [3.05, 3.63) is 52.0 Å². The molecule has 1 aromatic carbocycles. The van der Waals surface area contributed by atoms with Crippen LogP contribution in [0.5, 0.6) is 0 Å². The molecule has 0 amide bonds. The Morgan fingerprint density at radius 1 is 1.39 bits per heavy atom. The Bertz CT molecular complexity index is 525. The Kier molecular flexibility index (Phi) is 4.49. The van der Waals surface area contributed by atoms with E-state index in [2.05, 4.69) is 26.3 Å². The molecule has 0 aliphatic rings. The van der Waals surface area contributed by atoms with Crippen molar-refractivity contribution in [1.82, 2.24) is 15.1 Å². The first-order valence-electron chi connectivity index (χ1n) is 5.78. The number of hydrogen-bond donors (Lipinski definition) is 1. The summed E-state index contributed by atoms with van der Waals surface area (Å²) >= 11 is 3.41. The zero-order valence-corrected chi connectivity index (χ0v) is 11.7. The van der Waals surface area contributed by atoms with E-state index in [9.17, 15) is 4.39 Å². The van der Waals surface area contributed by atoms with Crippen LogP contribution in [-0.2, 0) is 20.0 Å². The standard InChI is InChI=1S/C13H15BrFN3/c1-18-7-5-12(17-18)4-6-16-9-10-8-11(15)2-3-13(10)14/h2-3,5,7-8,16H,4,6,9H2,1H3. The van der Waals surface area contributed by atoms with Gasteiger partial charge in [0.15, 0.2) is 0 Å². The van der Waals surface area contributed by atoms with Gasteiger partial charge in [-0.3, -0.25) is 4.68 Å². The fourth-order valence-corrected chi connectivity index (χ4v) is 2.10. The molecule has 1 heterocycles. The molecule has 2 rings (SSSR count). The first kappa shape index (κ1) is 13.2. The van der Waals surface area contributed by atoms with Crippen LogP contribution in [0.15, 0.2) is 34.9 Å². The van der Waals surface area contributed by atoms with E-state index in [1.165, 1.54) is 12.1 Å². The smallest absolute Gasteiger partial charge is 0.123 e. The molecule has 5 heteroatoms. The molecule has 0 saturated heterocycles. The van der Waals surface area contributed by atoms with Crippen LogP contribution >= 0.6 is 15.9 Å². The fourth-order valence-electron chi connectivity index (χ4n) is 1.71. The van der Waals surface area contributed by atoms with E-state index in [0.29, 0.717) is 6.54 Å². The third-order valence-corrected chi connectivity index (χ3v) is 3.42. The van der Waals surface area contributed by atoms with Crippen LogP contribution in [0, 0.1) is 5.82 Å². The van der Waals surface area contributed by atoms with Crippen LogP contribution in [0.1, 0.15) is 11.3 Å². The molecule has 2 aromatic rings. The van der Waals surface area contributed by atoms with Gasteiger partial charge < -0.3 is 5.32 Å². The number of aromatic nitrogens is 2. The number of nitrogens with zero attached hydrogens (tertiary/aromatic N) is 2. The Hall–Kier alpha value is -1.20. The molecular formula is C13H15BrFN3. The lowest BCUT2D eigenvalue weighted by atomic mass is 10.2. The lowest BCUT2D eigenvalue weighted by Gasteiger charge is -2.06. The topological polar surface area (TPSA) is 29.9 Å². The molecule has 0 atom stereocenters. The lowest BCUT2D eigenvalue weighted by Crippen LogP contribution is -2.17. The van der Waals surface area contributed by atoms with Gasteiger partial charge in [0.1, 0.15) is 5.82 Å². The molecule has 0 aliphatic heterocycles. The maximum Gasteiger partial charge on any atom is 0.123 e. The first-order chi connectivity index (χ1) is 8.65. The molecule has 0 bridgehead atoms. The molecule has 0 spiro atoms. The second-order valence-corrected chi connectivity index (χ2v) is 5.00. The first-order valence-corrected chi connectivity index (χ1v) is 6.57. The van der Waals surface area contributed by atoms with Crippen LogP contribution in [0.25, 0.3) is 0 Å². The third-order valence-electron chi connectivity index (χ3n) is 2.65. The van der Waals surface area contributed by atoms with Crippen molar-refractivity contribution in [2.75, 3.05) is 6.54 Å². The molecule has 3 nitrogen and oxygen atoms in total. The van der Waals surface area contributed by atoms with E-state index in [0.717, 1.165) is 28.7 Å². The van der Waals surface area contributed by atoms with Crippen LogP contribution in [-0.4, -0.2) is 16.3 Å². The summed E-state index contributed by atoms with van der Waals surface area (Å²) in [4.78, 5) is 0. The summed E-state index contributed by atoms with van der Waals surface area (Å²) in [6, 6.07) is 6.71. The van der Waals surface area contributed by atoms with Crippen molar-refractivity contribution in [2.45, 2.75) is 13.0 Å². The normalized spacial score (nSPS) is 10.8. The Morgan fingerprint density at radius 3 is 2.94 bits per heavy atom. The number of rotatable bonds is 5. The lowest BCUT2D eigenvalue weighted by molar-refractivity contribution is 0.618. The Balaban J connectivity index is 1.80. The summed E-state index contributed by atoms with van der Waals surface area (Å²) in [5, 5.41) is 7.58. The number of hydrogen-bond acceptors (Lipinski definition) is 2. The Morgan fingerprint density at radius 2 is 2.22 bits per heavy atom. The molecule has 0 saturated carbocycles. The van der Waals surface area contributed by atoms with Gasteiger partial charge in [0.05, 0.1) is 5.69 Å². The number of halogens is 2. The van der Waals surface area contributed by atoms with Gasteiger partial charge in [0.25, 0.3) is 0 Å². The van der Waals surface area contributed by atoms with Gasteiger partial charge in [0.2, 0.25) is 0 Å². The second-order valence-electron chi connectivity index (χ2n) is 4.14. The SMILES string of the molecule is Cn1ccc(CCNCc2cc(F)ccc2Br)n1. The summed E-state index contributed by atoms with van der Waals surface area (Å²) in [7, 11) is 1.90. The van der Waals surface area contributed by atoms with Crippen LogP contribution in [0.2, 0.25) is 0 Å². The minimum absolute atomic E-state index is 0.209. The molecule has 1 N–H and O–H groups in total. The maximum atomic E-state index is 13.1. The molecule has 1 aromatic heterocycles. The third kappa shape index (κ3) is 3.65. The molecule has 0 unspecified atom stereocenters. The molecule has 0 fully saturated rings. The average Bonchev–Trinajstić information content (AvgIpc) is 2.75. The van der Waals surface area contributed by atoms with Gasteiger partial charge in [-0.05, 0) is 29.8 Å². The summed E-state index contributed by atoms with van der Waals surface area (Å²) in [5.41, 5.74) is 1.99. The minimum Gasteiger partial charge on any atom is -0.312 e. The van der Waals surface area contributed by atoms with Gasteiger partial charge in [0, 0.05) is 37.2 Å². The van der Waals surface area contributed by atoms with Gasteiger partial charge >= 0.3 is 0 Å².